The van der Waals surface area contributed by atoms with E-state index in [0.29, 0.717) is 16.1 Å². The van der Waals surface area contributed by atoms with E-state index >= 15 is 0 Å². The first-order valence-corrected chi connectivity index (χ1v) is 11.6. The van der Waals surface area contributed by atoms with Crippen molar-refractivity contribution in [1.82, 2.24) is 15.1 Å². The molecule has 1 fully saturated rings. The van der Waals surface area contributed by atoms with E-state index < -0.39 is 0 Å². The maximum Gasteiger partial charge on any atom is 0.277 e. The summed E-state index contributed by atoms with van der Waals surface area (Å²) in [5, 5.41) is 11.9. The molecule has 162 valence electrons. The third-order valence-corrected chi connectivity index (χ3v) is 6.23. The van der Waals surface area contributed by atoms with Gasteiger partial charge in [-0.1, -0.05) is 30.3 Å². The number of likely N-dealkylation sites (N-methyl/N-ethyl adjacent to an activating group) is 1. The van der Waals surface area contributed by atoms with E-state index in [9.17, 15) is 4.79 Å². The molecule has 2 heterocycles. The number of piperazine rings is 1. The van der Waals surface area contributed by atoms with Crippen LogP contribution in [0.2, 0.25) is 5.02 Å². The summed E-state index contributed by atoms with van der Waals surface area (Å²) in [6.07, 6.45) is 0. The molecule has 9 heteroatoms. The number of anilines is 2. The monoisotopic (exact) mass is 457 g/mol. The molecule has 0 unspecified atom stereocenters. The summed E-state index contributed by atoms with van der Waals surface area (Å²) in [6.45, 7) is 7.52. The third-order valence-electron chi connectivity index (χ3n) is 5.16. The van der Waals surface area contributed by atoms with Gasteiger partial charge in [0.05, 0.1) is 5.75 Å². The van der Waals surface area contributed by atoms with E-state index in [-0.39, 0.29) is 11.7 Å². The average molecular weight is 458 g/mol. The lowest BCUT2D eigenvalue weighted by Gasteiger charge is -2.35. The van der Waals surface area contributed by atoms with Gasteiger partial charge in [-0.05, 0) is 55.1 Å². The van der Waals surface area contributed by atoms with Crippen molar-refractivity contribution in [3.05, 3.63) is 53.6 Å². The van der Waals surface area contributed by atoms with Crippen molar-refractivity contribution in [2.75, 3.05) is 48.7 Å². The number of hydrogen-bond donors (Lipinski definition) is 1. The molecule has 31 heavy (non-hydrogen) atoms. The Balaban J connectivity index is 1.26. The zero-order valence-electron chi connectivity index (χ0n) is 17.3. The van der Waals surface area contributed by atoms with Crippen LogP contribution in [0.15, 0.2) is 58.2 Å². The Morgan fingerprint density at radius 1 is 1.06 bits per heavy atom. The molecule has 1 amide bonds. The maximum atomic E-state index is 12.3. The number of benzene rings is 2. The van der Waals surface area contributed by atoms with Crippen LogP contribution in [0, 0.1) is 0 Å². The fraction of sp³-hybridized carbons (Fsp3) is 0.318. The number of halogens is 1. The summed E-state index contributed by atoms with van der Waals surface area (Å²) in [5.41, 5.74) is 2.74. The van der Waals surface area contributed by atoms with Gasteiger partial charge in [0.1, 0.15) is 0 Å². The van der Waals surface area contributed by atoms with Crippen LogP contribution in [0.25, 0.3) is 11.5 Å². The number of carbonyl (C=O) groups is 1. The molecule has 0 atom stereocenters. The molecule has 4 rings (SSSR count). The van der Waals surface area contributed by atoms with Gasteiger partial charge in [0.25, 0.3) is 5.22 Å². The summed E-state index contributed by atoms with van der Waals surface area (Å²) in [5.74, 6) is 0.457. The van der Waals surface area contributed by atoms with Crippen LogP contribution in [0.5, 0.6) is 0 Å². The number of thioether (sulfide) groups is 1. The molecule has 3 aromatic rings. The van der Waals surface area contributed by atoms with Gasteiger partial charge in [-0.15, -0.1) is 10.2 Å². The number of aromatic nitrogens is 2. The molecule has 1 aliphatic rings. The van der Waals surface area contributed by atoms with E-state index in [1.165, 1.54) is 17.4 Å². The summed E-state index contributed by atoms with van der Waals surface area (Å²) < 4.78 is 5.62. The normalized spacial score (nSPS) is 14.6. The van der Waals surface area contributed by atoms with Crippen molar-refractivity contribution in [3.8, 4) is 11.5 Å². The first kappa shape index (κ1) is 21.7. The Labute approximate surface area is 190 Å². The molecule has 7 nitrogen and oxygen atoms in total. The van der Waals surface area contributed by atoms with Gasteiger partial charge in [-0.3, -0.25) is 4.79 Å². The lowest BCUT2D eigenvalue weighted by atomic mass is 10.2. The number of rotatable bonds is 7. The van der Waals surface area contributed by atoms with Gasteiger partial charge < -0.3 is 19.5 Å². The highest BCUT2D eigenvalue weighted by Gasteiger charge is 2.16. The molecule has 1 N–H and O–H groups in total. The fourth-order valence-corrected chi connectivity index (χ4v) is 4.07. The Hall–Kier alpha value is -2.55. The highest BCUT2D eigenvalue weighted by molar-refractivity contribution is 7.99. The first-order valence-electron chi connectivity index (χ1n) is 10.2. The minimum atomic E-state index is -0.124. The van der Waals surface area contributed by atoms with Crippen molar-refractivity contribution in [1.29, 1.82) is 0 Å². The Morgan fingerprint density at radius 2 is 1.77 bits per heavy atom. The van der Waals surface area contributed by atoms with Gasteiger partial charge in [-0.25, -0.2) is 0 Å². The molecule has 0 spiro atoms. The van der Waals surface area contributed by atoms with Gasteiger partial charge in [0.2, 0.25) is 11.8 Å². The standard InChI is InChI=1S/C22H24ClN5O2S/c1-2-27-11-13-28(14-12-27)19-9-7-18(8-10-19)24-20(29)15-31-22-26-25-21(30-22)16-3-5-17(23)6-4-16/h3-10H,2,11-15H2,1H3,(H,24,29). The number of nitrogens with one attached hydrogen (secondary N) is 1. The van der Waals surface area contributed by atoms with Crippen molar-refractivity contribution < 1.29 is 9.21 Å². The van der Waals surface area contributed by atoms with Crippen molar-refractivity contribution in [3.63, 3.8) is 0 Å². The molecule has 0 radical (unpaired) electrons. The highest BCUT2D eigenvalue weighted by atomic mass is 35.5. The predicted octanol–water partition coefficient (Wildman–Crippen LogP) is 4.26. The minimum absolute atomic E-state index is 0.124. The average Bonchev–Trinajstić information content (AvgIpc) is 3.28. The van der Waals surface area contributed by atoms with Crippen LogP contribution < -0.4 is 10.2 Å². The Morgan fingerprint density at radius 3 is 2.45 bits per heavy atom. The van der Waals surface area contributed by atoms with Crippen LogP contribution in [0.3, 0.4) is 0 Å². The van der Waals surface area contributed by atoms with Gasteiger partial charge in [-0.2, -0.15) is 0 Å². The first-order chi connectivity index (χ1) is 15.1. The number of amides is 1. The highest BCUT2D eigenvalue weighted by Crippen LogP contribution is 2.25. The SMILES string of the molecule is CCN1CCN(c2ccc(NC(=O)CSc3nnc(-c4ccc(Cl)cc4)o3)cc2)CC1. The number of hydrogen-bond acceptors (Lipinski definition) is 7. The van der Waals surface area contributed by atoms with E-state index in [1.54, 1.807) is 12.1 Å². The van der Waals surface area contributed by atoms with Crippen LogP contribution >= 0.6 is 23.4 Å². The largest absolute Gasteiger partial charge is 0.411 e. The molecular weight excluding hydrogens is 434 g/mol. The number of nitrogens with zero attached hydrogens (tertiary/aromatic N) is 4. The van der Waals surface area contributed by atoms with E-state index in [4.69, 9.17) is 16.0 Å². The minimum Gasteiger partial charge on any atom is -0.411 e. The lowest BCUT2D eigenvalue weighted by Crippen LogP contribution is -2.46. The topological polar surface area (TPSA) is 74.5 Å². The summed E-state index contributed by atoms with van der Waals surface area (Å²) in [4.78, 5) is 17.1. The maximum absolute atomic E-state index is 12.3. The molecule has 0 aliphatic carbocycles. The van der Waals surface area contributed by atoms with Crippen LogP contribution in [-0.2, 0) is 4.79 Å². The summed E-state index contributed by atoms with van der Waals surface area (Å²) in [7, 11) is 0. The second kappa shape index (κ2) is 10.2. The van der Waals surface area contributed by atoms with Crippen LogP contribution in [-0.4, -0.2) is 59.5 Å². The molecular formula is C22H24ClN5O2S. The zero-order chi connectivity index (χ0) is 21.6. The predicted molar refractivity (Wildman–Crippen MR) is 125 cm³/mol. The van der Waals surface area contributed by atoms with Crippen LogP contribution in [0.4, 0.5) is 11.4 Å². The number of carbonyl (C=O) groups excluding carboxylic acids is 1. The lowest BCUT2D eigenvalue weighted by molar-refractivity contribution is -0.113. The van der Waals surface area contributed by atoms with Crippen molar-refractivity contribution in [2.24, 2.45) is 0 Å². The van der Waals surface area contributed by atoms with Crippen molar-refractivity contribution in [2.45, 2.75) is 12.1 Å². The summed E-state index contributed by atoms with van der Waals surface area (Å²) >= 11 is 7.10. The zero-order valence-corrected chi connectivity index (χ0v) is 18.8. The van der Waals surface area contributed by atoms with E-state index in [0.717, 1.165) is 44.0 Å². The third kappa shape index (κ3) is 5.78. The molecule has 2 aromatic carbocycles. The molecule has 1 aromatic heterocycles. The smallest absolute Gasteiger partial charge is 0.277 e. The Bertz CT molecular complexity index is 1000. The molecule has 0 saturated carbocycles. The Kier molecular flexibility index (Phi) is 7.11. The summed E-state index contributed by atoms with van der Waals surface area (Å²) in [6, 6.07) is 15.1. The van der Waals surface area contributed by atoms with Crippen molar-refractivity contribution >= 4 is 40.6 Å². The second-order valence-electron chi connectivity index (χ2n) is 7.19. The van der Waals surface area contributed by atoms with E-state index in [1.807, 2.05) is 24.3 Å². The quantitative estimate of drug-likeness (QED) is 0.531. The van der Waals surface area contributed by atoms with Gasteiger partial charge >= 0.3 is 0 Å². The van der Waals surface area contributed by atoms with Gasteiger partial charge in [0.15, 0.2) is 0 Å². The molecule has 1 aliphatic heterocycles. The molecule has 0 bridgehead atoms. The van der Waals surface area contributed by atoms with Gasteiger partial charge in [0, 0.05) is 48.1 Å². The fourth-order valence-electron chi connectivity index (χ4n) is 3.38. The van der Waals surface area contributed by atoms with E-state index in [2.05, 4.69) is 44.4 Å². The second-order valence-corrected chi connectivity index (χ2v) is 8.55. The molecule has 1 saturated heterocycles. The van der Waals surface area contributed by atoms with Crippen LogP contribution in [0.1, 0.15) is 6.92 Å².